The van der Waals surface area contributed by atoms with Gasteiger partial charge in [-0.1, -0.05) is 53.3 Å². The Hall–Kier alpha value is -12.9. The molecule has 2 aliphatic carbocycles. The Bertz CT molecular complexity index is 4230. The number of allylic oxidation sites excluding steroid dienone is 8. The van der Waals surface area contributed by atoms with Gasteiger partial charge in [0.1, 0.15) is 5.41 Å². The first-order valence-electron chi connectivity index (χ1n) is 18.6. The molecule has 290 valence electrons. The highest BCUT2D eigenvalue weighted by atomic mass is 14.5. The number of rotatable bonds is 0. The molecule has 0 aromatic rings. The Labute approximate surface area is 403 Å². The summed E-state index contributed by atoms with van der Waals surface area (Å²) in [5, 5.41) is 0. The maximum atomic E-state index is 5.29. The first kappa shape index (κ1) is 51.2. The summed E-state index contributed by atoms with van der Waals surface area (Å²) in [6.45, 7) is 8.75. The summed E-state index contributed by atoms with van der Waals surface area (Å²) in [5.41, 5.74) is 2.06. The second-order valence-corrected chi connectivity index (χ2v) is 11.1. The van der Waals surface area contributed by atoms with E-state index in [4.69, 9.17) is 19.3 Å². The lowest BCUT2D eigenvalue weighted by atomic mass is 9.67. The molecule has 1 unspecified atom stereocenters. The van der Waals surface area contributed by atoms with Crippen molar-refractivity contribution in [3.8, 4) is 321 Å². The Morgan fingerprint density at radius 1 is 0.235 bits per heavy atom. The van der Waals surface area contributed by atoms with Crippen LogP contribution in [0.1, 0.15) is 34.6 Å². The maximum absolute atomic E-state index is 5.29. The van der Waals surface area contributed by atoms with E-state index in [9.17, 15) is 0 Å². The second-order valence-electron chi connectivity index (χ2n) is 11.1. The fourth-order valence-electron chi connectivity index (χ4n) is 4.95. The number of hydrogen-bond donors (Lipinski definition) is 0. The topological polar surface area (TPSA) is 0 Å². The maximum Gasteiger partial charge on any atom is 0.105 e. The highest BCUT2D eigenvalue weighted by Gasteiger charge is 2.55. The summed E-state index contributed by atoms with van der Waals surface area (Å²) in [6.07, 6.45) is 15.6. The Kier molecular flexibility index (Phi) is 24.8. The number of terminal acetylenes is 3. The molecule has 0 heteroatoms. The van der Waals surface area contributed by atoms with E-state index in [0.717, 1.165) is 5.57 Å². The second kappa shape index (κ2) is 32.9. The smallest absolute Gasteiger partial charge is 0.105 e. The SMILES string of the molecule is C#CC#CC#CC#CC#CC#CC1=C(C#CC#CC#CC#CC#CC)C2(C(C#CC#CC#CC)=C(C)C(C)=C2C#CC#CC#CC#C)C(C#CC#CC#CC#CC)=C1C#CC#CC#CC#CC#C. The Morgan fingerprint density at radius 3 is 0.662 bits per heavy atom. The van der Waals surface area contributed by atoms with Gasteiger partial charge in [-0.05, 0) is 294 Å². The van der Waals surface area contributed by atoms with Gasteiger partial charge in [-0.15, -0.1) is 19.3 Å². The van der Waals surface area contributed by atoms with Crippen molar-refractivity contribution in [3.63, 3.8) is 0 Å². The lowest BCUT2D eigenvalue weighted by molar-refractivity contribution is 0.714. The molecular weight excluding hydrogens is 817 g/mol. The van der Waals surface area contributed by atoms with Crippen LogP contribution in [0.4, 0.5) is 0 Å². The summed E-state index contributed by atoms with van der Waals surface area (Å²) in [5.74, 6) is 138. The molecule has 1 spiro atoms. The van der Waals surface area contributed by atoms with Gasteiger partial charge in [0.05, 0.1) is 11.1 Å². The van der Waals surface area contributed by atoms with Crippen LogP contribution in [0.3, 0.4) is 0 Å². The van der Waals surface area contributed by atoms with Gasteiger partial charge in [0, 0.05) is 22.3 Å². The Balaban J connectivity index is 3.58. The molecule has 0 amide bonds. The lowest BCUT2D eigenvalue weighted by Crippen LogP contribution is -2.26. The number of hydrogen-bond acceptors (Lipinski definition) is 0. The molecule has 0 N–H and O–H groups in total. The molecule has 68 heavy (non-hydrogen) atoms. The first-order chi connectivity index (χ1) is 33.5. The van der Waals surface area contributed by atoms with Gasteiger partial charge in [0.2, 0.25) is 0 Å². The van der Waals surface area contributed by atoms with Gasteiger partial charge in [-0.2, -0.15) is 0 Å². The fraction of sp³-hybridized carbons (Fsp3) is 0.0882. The molecule has 0 aromatic carbocycles. The van der Waals surface area contributed by atoms with Gasteiger partial charge in [0.15, 0.2) is 0 Å². The molecule has 1 atom stereocenters. The van der Waals surface area contributed by atoms with Crippen LogP contribution in [0.5, 0.6) is 0 Å². The minimum Gasteiger partial charge on any atom is -0.106 e. The highest BCUT2D eigenvalue weighted by Crippen LogP contribution is 2.61. The molecule has 0 aliphatic heterocycles. The quantitative estimate of drug-likeness (QED) is 0.321. The molecule has 2 aliphatic rings. The van der Waals surface area contributed by atoms with Crippen molar-refractivity contribution in [2.24, 2.45) is 5.41 Å². The normalized spacial score (nSPS) is 10.3. The van der Waals surface area contributed by atoms with Crippen LogP contribution in [0.25, 0.3) is 0 Å². The van der Waals surface area contributed by atoms with Crippen LogP contribution in [0.15, 0.2) is 44.6 Å². The van der Waals surface area contributed by atoms with Crippen LogP contribution < -0.4 is 0 Å². The van der Waals surface area contributed by atoms with Crippen molar-refractivity contribution in [3.05, 3.63) is 44.6 Å². The zero-order chi connectivity index (χ0) is 49.2. The zero-order valence-electron chi connectivity index (χ0n) is 36.7. The van der Waals surface area contributed by atoms with E-state index >= 15 is 0 Å². The minimum atomic E-state index is -1.52. The van der Waals surface area contributed by atoms with Crippen LogP contribution in [0, 0.1) is 327 Å². The summed E-state index contributed by atoms with van der Waals surface area (Å²) in [4.78, 5) is 0. The van der Waals surface area contributed by atoms with E-state index in [1.165, 1.54) is 0 Å². The van der Waals surface area contributed by atoms with E-state index in [0.29, 0.717) is 27.9 Å². The molecule has 0 aromatic heterocycles. The molecule has 0 saturated heterocycles. The van der Waals surface area contributed by atoms with Crippen molar-refractivity contribution in [1.29, 1.82) is 0 Å². The molecule has 2 rings (SSSR count). The zero-order valence-corrected chi connectivity index (χ0v) is 36.7. The predicted molar refractivity (Wildman–Crippen MR) is 272 cm³/mol. The lowest BCUT2D eigenvalue weighted by Gasteiger charge is -2.29. The highest BCUT2D eigenvalue weighted by molar-refractivity contribution is 5.87. The standard InChI is InChI=1S/C68H18/c1-9-15-21-27-32-35-37-40-44-49-55-63-62(54-48-43-39-34-29-23-17-11-3)66(58-52-46-38-30-24-18-12-4)68(67(63)59-53-47-41-36-33-28-22-16-10-2)64(56-50-42-26-20-14-6)60(7)61(8)65(68)57-51-45-31-25-19-13-5/h1,3,5H,2,4,6-8H3. The fourth-order valence-corrected chi connectivity index (χ4v) is 4.95. The third-order valence-electron chi connectivity index (χ3n) is 7.34. The average Bonchev–Trinajstić information content (AvgIpc) is 3.71. The van der Waals surface area contributed by atoms with Crippen LogP contribution in [-0.4, -0.2) is 0 Å². The summed E-state index contributed by atoms with van der Waals surface area (Å²) in [7, 11) is 0. The first-order valence-corrected chi connectivity index (χ1v) is 18.6. The average molecular weight is 835 g/mol. The van der Waals surface area contributed by atoms with Gasteiger partial charge in [0.25, 0.3) is 0 Å². The molecule has 0 heterocycles. The predicted octanol–water partition coefficient (Wildman–Crippen LogP) is 4.27. The van der Waals surface area contributed by atoms with Crippen LogP contribution >= 0.6 is 0 Å². The molecule has 0 radical (unpaired) electrons. The minimum absolute atomic E-state index is 0.270. The van der Waals surface area contributed by atoms with Crippen molar-refractivity contribution >= 4 is 0 Å². The molecular formula is C68H18. The monoisotopic (exact) mass is 834 g/mol. The summed E-state index contributed by atoms with van der Waals surface area (Å²) >= 11 is 0. The van der Waals surface area contributed by atoms with Crippen LogP contribution in [0.2, 0.25) is 0 Å². The summed E-state index contributed by atoms with van der Waals surface area (Å²) < 4.78 is 0. The van der Waals surface area contributed by atoms with Crippen molar-refractivity contribution in [1.82, 2.24) is 0 Å². The largest absolute Gasteiger partial charge is 0.106 e. The van der Waals surface area contributed by atoms with Crippen molar-refractivity contribution < 1.29 is 0 Å². The molecule has 0 saturated carbocycles. The Morgan fingerprint density at radius 2 is 0.426 bits per heavy atom. The van der Waals surface area contributed by atoms with Crippen molar-refractivity contribution in [2.75, 3.05) is 0 Å². The molecule has 0 bridgehead atoms. The summed E-state index contributed by atoms with van der Waals surface area (Å²) in [6, 6.07) is 0. The van der Waals surface area contributed by atoms with Crippen molar-refractivity contribution in [2.45, 2.75) is 34.6 Å². The molecule has 0 fully saturated rings. The third kappa shape index (κ3) is 17.0. The van der Waals surface area contributed by atoms with Gasteiger partial charge in [-0.3, -0.25) is 0 Å². The van der Waals surface area contributed by atoms with E-state index in [1.807, 2.05) is 13.8 Å². The van der Waals surface area contributed by atoms with E-state index < -0.39 is 5.41 Å². The van der Waals surface area contributed by atoms with Gasteiger partial charge >= 0.3 is 0 Å². The third-order valence-corrected chi connectivity index (χ3v) is 7.34. The van der Waals surface area contributed by atoms with Gasteiger partial charge < -0.3 is 0 Å². The van der Waals surface area contributed by atoms with Crippen LogP contribution in [-0.2, 0) is 0 Å². The van der Waals surface area contributed by atoms with E-state index in [2.05, 4.69) is 302 Å². The van der Waals surface area contributed by atoms with E-state index in [1.54, 1.807) is 20.8 Å². The van der Waals surface area contributed by atoms with Gasteiger partial charge in [-0.25, -0.2) is 0 Å². The van der Waals surface area contributed by atoms with E-state index in [-0.39, 0.29) is 11.1 Å². The molecule has 0 nitrogen and oxygen atoms in total.